The lowest BCUT2D eigenvalue weighted by Gasteiger charge is -2.20. The number of carbonyl (C=O) groups is 1. The van der Waals surface area contributed by atoms with E-state index in [9.17, 15) is 9.59 Å². The van der Waals surface area contributed by atoms with Crippen molar-refractivity contribution in [2.24, 2.45) is 0 Å². The van der Waals surface area contributed by atoms with Gasteiger partial charge in [0, 0.05) is 12.1 Å². The Balaban J connectivity index is 2.03. The van der Waals surface area contributed by atoms with E-state index < -0.39 is 6.04 Å². The van der Waals surface area contributed by atoms with Crippen LogP contribution >= 0.6 is 11.6 Å². The molecule has 5 heteroatoms. The minimum absolute atomic E-state index is 0.114. The maximum absolute atomic E-state index is 13.0. The fourth-order valence-electron chi connectivity index (χ4n) is 3.20. The number of amides is 1. The highest BCUT2D eigenvalue weighted by Crippen LogP contribution is 2.37. The van der Waals surface area contributed by atoms with Gasteiger partial charge in [0.2, 0.25) is 5.76 Å². The van der Waals surface area contributed by atoms with E-state index in [2.05, 4.69) is 0 Å². The molecule has 1 atom stereocenters. The molecule has 0 unspecified atom stereocenters. The third kappa shape index (κ3) is 2.07. The van der Waals surface area contributed by atoms with E-state index in [0.717, 1.165) is 11.1 Å². The number of carbonyl (C=O) groups excluding carboxylic acids is 1. The number of rotatable bonds is 1. The molecule has 4 nitrogen and oxygen atoms in total. The van der Waals surface area contributed by atoms with Gasteiger partial charge in [0.1, 0.15) is 5.58 Å². The second-order valence-electron chi connectivity index (χ2n) is 6.04. The van der Waals surface area contributed by atoms with Crippen molar-refractivity contribution in [2.45, 2.75) is 13.0 Å². The average molecular weight is 340 g/mol. The van der Waals surface area contributed by atoms with E-state index in [1.165, 1.54) is 0 Å². The molecule has 2 aromatic carbocycles. The van der Waals surface area contributed by atoms with Crippen molar-refractivity contribution in [3.63, 3.8) is 0 Å². The van der Waals surface area contributed by atoms with Crippen molar-refractivity contribution in [3.05, 3.63) is 80.2 Å². The van der Waals surface area contributed by atoms with Crippen LogP contribution in [0.1, 0.15) is 33.3 Å². The Hall–Kier alpha value is -2.59. The summed E-state index contributed by atoms with van der Waals surface area (Å²) < 4.78 is 5.75. The van der Waals surface area contributed by atoms with Gasteiger partial charge >= 0.3 is 0 Å². The molecule has 0 saturated heterocycles. The Morgan fingerprint density at radius 2 is 1.79 bits per heavy atom. The Bertz CT molecular complexity index is 1040. The molecule has 0 aliphatic carbocycles. The van der Waals surface area contributed by atoms with E-state index >= 15 is 0 Å². The summed E-state index contributed by atoms with van der Waals surface area (Å²) in [7, 11) is 1.68. The van der Waals surface area contributed by atoms with E-state index in [0.29, 0.717) is 21.6 Å². The number of hydrogen-bond donors (Lipinski definition) is 0. The summed E-state index contributed by atoms with van der Waals surface area (Å²) in [6.07, 6.45) is 0. The molecule has 4 rings (SSSR count). The molecule has 0 bridgehead atoms. The molecule has 0 saturated carbocycles. The van der Waals surface area contributed by atoms with Crippen molar-refractivity contribution >= 4 is 28.5 Å². The van der Waals surface area contributed by atoms with Gasteiger partial charge in [-0.05, 0) is 30.7 Å². The van der Waals surface area contributed by atoms with Crippen LogP contribution in [-0.4, -0.2) is 17.9 Å². The number of nitrogens with zero attached hydrogens (tertiary/aromatic N) is 1. The van der Waals surface area contributed by atoms with E-state index in [1.807, 2.05) is 31.2 Å². The maximum Gasteiger partial charge on any atom is 0.290 e. The predicted molar refractivity (Wildman–Crippen MR) is 92.6 cm³/mol. The van der Waals surface area contributed by atoms with Crippen LogP contribution in [0.2, 0.25) is 5.02 Å². The molecule has 2 heterocycles. The lowest BCUT2D eigenvalue weighted by atomic mass is 9.98. The molecule has 24 heavy (non-hydrogen) atoms. The predicted octanol–water partition coefficient (Wildman–Crippen LogP) is 3.93. The van der Waals surface area contributed by atoms with Crippen molar-refractivity contribution in [3.8, 4) is 0 Å². The van der Waals surface area contributed by atoms with Gasteiger partial charge in [0.25, 0.3) is 5.91 Å². The molecule has 1 amide bonds. The largest absolute Gasteiger partial charge is 0.450 e. The lowest BCUT2D eigenvalue weighted by Crippen LogP contribution is -2.25. The molecule has 0 N–H and O–H groups in total. The zero-order valence-corrected chi connectivity index (χ0v) is 13.9. The second-order valence-corrected chi connectivity index (χ2v) is 6.48. The molecular formula is C19H14ClNO3. The number of aryl methyl sites for hydroxylation is 1. The monoisotopic (exact) mass is 339 g/mol. The third-order valence-corrected chi connectivity index (χ3v) is 4.69. The van der Waals surface area contributed by atoms with E-state index in [4.69, 9.17) is 16.0 Å². The van der Waals surface area contributed by atoms with Gasteiger partial charge in [-0.15, -0.1) is 0 Å². The molecule has 1 aliphatic heterocycles. The molecule has 0 fully saturated rings. The van der Waals surface area contributed by atoms with Crippen molar-refractivity contribution < 1.29 is 9.21 Å². The van der Waals surface area contributed by atoms with Crippen LogP contribution < -0.4 is 5.43 Å². The van der Waals surface area contributed by atoms with Crippen molar-refractivity contribution in [1.29, 1.82) is 0 Å². The molecule has 1 aliphatic rings. The van der Waals surface area contributed by atoms with Gasteiger partial charge in [-0.1, -0.05) is 41.4 Å². The topological polar surface area (TPSA) is 50.5 Å². The summed E-state index contributed by atoms with van der Waals surface area (Å²) in [6, 6.07) is 12.2. The van der Waals surface area contributed by atoms with E-state index in [1.54, 1.807) is 30.1 Å². The quantitative estimate of drug-likeness (QED) is 0.675. The third-order valence-electron chi connectivity index (χ3n) is 4.46. The zero-order chi connectivity index (χ0) is 17.0. The second kappa shape index (κ2) is 5.21. The Morgan fingerprint density at radius 1 is 1.08 bits per heavy atom. The highest BCUT2D eigenvalue weighted by molar-refractivity contribution is 6.31. The van der Waals surface area contributed by atoms with Crippen LogP contribution in [0.5, 0.6) is 0 Å². The first-order valence-electron chi connectivity index (χ1n) is 7.57. The highest BCUT2D eigenvalue weighted by atomic mass is 35.5. The molecular weight excluding hydrogens is 326 g/mol. The molecule has 120 valence electrons. The fourth-order valence-corrected chi connectivity index (χ4v) is 3.37. The Kier molecular flexibility index (Phi) is 3.25. The summed E-state index contributed by atoms with van der Waals surface area (Å²) in [4.78, 5) is 27.1. The Labute approximate surface area is 143 Å². The van der Waals surface area contributed by atoms with Crippen molar-refractivity contribution in [2.75, 3.05) is 7.05 Å². The van der Waals surface area contributed by atoms with Crippen LogP contribution in [0.3, 0.4) is 0 Å². The normalized spacial score (nSPS) is 16.7. The number of halogens is 1. The summed E-state index contributed by atoms with van der Waals surface area (Å²) in [5.41, 5.74) is 2.53. The fraction of sp³-hybridized carbons (Fsp3) is 0.158. The van der Waals surface area contributed by atoms with Crippen LogP contribution in [-0.2, 0) is 0 Å². The number of hydrogen-bond acceptors (Lipinski definition) is 3. The maximum atomic E-state index is 13.0. The van der Waals surface area contributed by atoms with Crippen LogP contribution in [0.25, 0.3) is 11.0 Å². The first kappa shape index (κ1) is 15.0. The van der Waals surface area contributed by atoms with Crippen molar-refractivity contribution in [1.82, 2.24) is 4.90 Å². The first-order valence-corrected chi connectivity index (χ1v) is 7.95. The van der Waals surface area contributed by atoms with Gasteiger partial charge in [-0.2, -0.15) is 0 Å². The van der Waals surface area contributed by atoms with Gasteiger partial charge in [-0.3, -0.25) is 9.59 Å². The first-order chi connectivity index (χ1) is 11.5. The van der Waals surface area contributed by atoms with Crippen LogP contribution in [0, 0.1) is 6.92 Å². The van der Waals surface area contributed by atoms with Gasteiger partial charge in [0.05, 0.1) is 17.0 Å². The van der Waals surface area contributed by atoms with Crippen LogP contribution in [0.15, 0.2) is 51.7 Å². The van der Waals surface area contributed by atoms with Crippen LogP contribution in [0.4, 0.5) is 0 Å². The molecule has 3 aromatic rings. The lowest BCUT2D eigenvalue weighted by molar-refractivity contribution is 0.0771. The number of benzene rings is 2. The Morgan fingerprint density at radius 3 is 2.50 bits per heavy atom. The minimum atomic E-state index is -0.451. The zero-order valence-electron chi connectivity index (χ0n) is 13.2. The summed E-state index contributed by atoms with van der Waals surface area (Å²) >= 11 is 6.01. The van der Waals surface area contributed by atoms with Gasteiger partial charge in [0.15, 0.2) is 5.43 Å². The minimum Gasteiger partial charge on any atom is -0.450 e. The number of fused-ring (bicyclic) bond motifs is 2. The summed E-state index contributed by atoms with van der Waals surface area (Å²) in [6.45, 7) is 1.99. The van der Waals surface area contributed by atoms with E-state index in [-0.39, 0.29) is 17.1 Å². The SMILES string of the molecule is Cc1ccc([C@@H]2c3c(oc4ccc(Cl)cc4c3=O)C(=O)N2C)cc1. The molecule has 0 spiro atoms. The van der Waals surface area contributed by atoms with Gasteiger partial charge in [-0.25, -0.2) is 0 Å². The average Bonchev–Trinajstić information content (AvgIpc) is 2.82. The molecule has 1 aromatic heterocycles. The standard InChI is InChI=1S/C19H14ClNO3/c1-10-3-5-11(6-4-10)16-15-17(22)13-9-12(20)7-8-14(13)24-18(15)19(23)21(16)2/h3-9,16H,1-2H3/t16-/m1/s1. The smallest absolute Gasteiger partial charge is 0.290 e. The summed E-state index contributed by atoms with van der Waals surface area (Å²) in [5, 5.41) is 0.848. The molecule has 0 radical (unpaired) electrons. The summed E-state index contributed by atoms with van der Waals surface area (Å²) in [5.74, 6) is -0.174. The van der Waals surface area contributed by atoms with Gasteiger partial charge < -0.3 is 9.32 Å². The highest BCUT2D eigenvalue weighted by Gasteiger charge is 2.40.